The van der Waals surface area contributed by atoms with Gasteiger partial charge in [-0.25, -0.2) is 9.59 Å². The zero-order valence-corrected chi connectivity index (χ0v) is 17.6. The van der Waals surface area contributed by atoms with E-state index in [1.54, 1.807) is 39.0 Å². The van der Waals surface area contributed by atoms with Gasteiger partial charge in [-0.2, -0.15) is 0 Å². The predicted octanol–water partition coefficient (Wildman–Crippen LogP) is 2.75. The minimum Gasteiger partial charge on any atom is -0.460 e. The monoisotopic (exact) mass is 466 g/mol. The first-order valence-corrected chi connectivity index (χ1v) is 9.61. The molecule has 1 aromatic carbocycles. The zero-order valence-electron chi connectivity index (χ0n) is 16.0. The van der Waals surface area contributed by atoms with E-state index in [4.69, 9.17) is 13.9 Å². The van der Waals surface area contributed by atoms with E-state index in [9.17, 15) is 19.2 Å². The topological polar surface area (TPSA) is 115 Å². The number of fused-ring (bicyclic) bond motifs is 1. The number of halogens is 1. The Labute approximate surface area is 174 Å². The van der Waals surface area contributed by atoms with Gasteiger partial charge >= 0.3 is 18.0 Å². The van der Waals surface area contributed by atoms with Crippen LogP contribution in [0, 0.1) is 0 Å². The summed E-state index contributed by atoms with van der Waals surface area (Å²) < 4.78 is 16.6. The molecule has 1 fully saturated rings. The highest BCUT2D eigenvalue weighted by Gasteiger charge is 2.45. The quantitative estimate of drug-likeness (QED) is 0.513. The lowest BCUT2D eigenvalue weighted by Crippen LogP contribution is -2.41. The lowest BCUT2D eigenvalue weighted by molar-refractivity contribution is -0.148. The molecule has 2 heterocycles. The molecule has 1 aromatic heterocycles. The lowest BCUT2D eigenvalue weighted by Gasteiger charge is -2.15. The number of rotatable bonds is 6. The summed E-state index contributed by atoms with van der Waals surface area (Å²) in [6.45, 7) is 4.07. The van der Waals surface area contributed by atoms with E-state index in [0.717, 1.165) is 9.37 Å². The summed E-state index contributed by atoms with van der Waals surface area (Å²) in [7, 11) is 0. The third kappa shape index (κ3) is 4.12. The number of carbonyl (C=O) groups excluding carboxylic acids is 4. The largest absolute Gasteiger partial charge is 0.460 e. The molecule has 0 aliphatic carbocycles. The Balaban J connectivity index is 1.79. The highest BCUT2D eigenvalue weighted by Crippen LogP contribution is 2.30. The van der Waals surface area contributed by atoms with Gasteiger partial charge in [0.05, 0.1) is 12.2 Å². The van der Waals surface area contributed by atoms with Crippen LogP contribution >= 0.6 is 15.9 Å². The van der Waals surface area contributed by atoms with Crippen LogP contribution in [0.5, 0.6) is 0 Å². The van der Waals surface area contributed by atoms with E-state index in [1.165, 1.54) is 0 Å². The van der Waals surface area contributed by atoms with Gasteiger partial charge in [-0.15, -0.1) is 0 Å². The van der Waals surface area contributed by atoms with Crippen molar-refractivity contribution in [2.45, 2.75) is 32.9 Å². The second-order valence-electron chi connectivity index (χ2n) is 6.88. The van der Waals surface area contributed by atoms with Crippen molar-refractivity contribution in [1.82, 2.24) is 10.2 Å². The van der Waals surface area contributed by atoms with E-state index in [2.05, 4.69) is 21.2 Å². The molecule has 0 unspecified atom stereocenters. The molecule has 1 aliphatic rings. The molecular formula is C19H19BrN2O7. The van der Waals surface area contributed by atoms with Crippen LogP contribution in [0.2, 0.25) is 0 Å². The average Bonchev–Trinajstić information content (AvgIpc) is 3.09. The highest BCUT2D eigenvalue weighted by molar-refractivity contribution is 9.10. The van der Waals surface area contributed by atoms with Gasteiger partial charge in [0.2, 0.25) is 5.76 Å². The molecule has 0 radical (unpaired) electrons. The molecule has 1 aliphatic heterocycles. The van der Waals surface area contributed by atoms with E-state index >= 15 is 0 Å². The van der Waals surface area contributed by atoms with Crippen molar-refractivity contribution in [3.05, 3.63) is 34.0 Å². The minimum absolute atomic E-state index is 0.0659. The first kappa shape index (κ1) is 20.8. The maximum atomic E-state index is 12.3. The number of carbonyl (C=O) groups is 4. The molecule has 1 saturated heterocycles. The molecular weight excluding hydrogens is 448 g/mol. The maximum absolute atomic E-state index is 12.3. The average molecular weight is 467 g/mol. The third-order valence-electron chi connectivity index (χ3n) is 4.32. The number of ether oxygens (including phenoxy) is 2. The number of esters is 2. The molecule has 3 rings (SSSR count). The Kier molecular flexibility index (Phi) is 5.65. The molecule has 1 N–H and O–H groups in total. The maximum Gasteiger partial charge on any atom is 0.374 e. The first-order valence-electron chi connectivity index (χ1n) is 8.82. The molecule has 2 aromatic rings. The van der Waals surface area contributed by atoms with Gasteiger partial charge in [0.1, 0.15) is 24.3 Å². The number of urea groups is 1. The molecule has 154 valence electrons. The zero-order chi connectivity index (χ0) is 21.3. The number of imide groups is 1. The van der Waals surface area contributed by atoms with E-state index < -0.39 is 36.0 Å². The smallest absolute Gasteiger partial charge is 0.374 e. The summed E-state index contributed by atoms with van der Waals surface area (Å²) in [5.74, 6) is -2.07. The fourth-order valence-electron chi connectivity index (χ4n) is 2.91. The Morgan fingerprint density at radius 2 is 1.97 bits per heavy atom. The number of benzene rings is 1. The summed E-state index contributed by atoms with van der Waals surface area (Å²) in [4.78, 5) is 49.4. The number of hydrogen-bond donors (Lipinski definition) is 1. The second kappa shape index (κ2) is 7.86. The molecule has 9 nitrogen and oxygen atoms in total. The summed E-state index contributed by atoms with van der Waals surface area (Å²) in [5.41, 5.74) is -0.314. The van der Waals surface area contributed by atoms with Gasteiger partial charge in [0.25, 0.3) is 5.91 Å². The van der Waals surface area contributed by atoms with Crippen molar-refractivity contribution < 1.29 is 33.1 Å². The number of furan rings is 1. The summed E-state index contributed by atoms with van der Waals surface area (Å²) in [5, 5.41) is 3.06. The Morgan fingerprint density at radius 3 is 2.59 bits per heavy atom. The number of nitrogens with one attached hydrogen (secondary N) is 1. The van der Waals surface area contributed by atoms with Crippen molar-refractivity contribution in [1.29, 1.82) is 0 Å². The molecule has 29 heavy (non-hydrogen) atoms. The second-order valence-corrected chi connectivity index (χ2v) is 7.79. The van der Waals surface area contributed by atoms with Crippen LogP contribution in [-0.4, -0.2) is 47.5 Å². The highest BCUT2D eigenvalue weighted by atomic mass is 79.9. The van der Waals surface area contributed by atoms with Crippen LogP contribution in [-0.2, 0) is 25.7 Å². The van der Waals surface area contributed by atoms with Gasteiger partial charge in [-0.05, 0) is 39.0 Å². The van der Waals surface area contributed by atoms with Crippen LogP contribution in [0.4, 0.5) is 4.79 Å². The Hall–Kier alpha value is -2.88. The van der Waals surface area contributed by atoms with Crippen molar-refractivity contribution in [2.24, 2.45) is 0 Å². The Morgan fingerprint density at radius 1 is 1.24 bits per heavy atom. The minimum atomic E-state index is -1.08. The molecule has 0 saturated carbocycles. The SMILES string of the molecule is CCOC(=O)c1oc2ccc(Br)cc2c1COC(=O)CN1C(=O)NC(C)(C)C1=O. The van der Waals surface area contributed by atoms with Crippen molar-refractivity contribution in [3.8, 4) is 0 Å². The van der Waals surface area contributed by atoms with Crippen LogP contribution < -0.4 is 5.32 Å². The normalized spacial score (nSPS) is 15.5. The predicted molar refractivity (Wildman–Crippen MR) is 104 cm³/mol. The third-order valence-corrected chi connectivity index (χ3v) is 4.82. The Bertz CT molecular complexity index is 1010. The number of nitrogens with zero attached hydrogens (tertiary/aromatic N) is 1. The van der Waals surface area contributed by atoms with Gasteiger partial charge < -0.3 is 19.2 Å². The van der Waals surface area contributed by atoms with E-state index in [0.29, 0.717) is 16.5 Å². The van der Waals surface area contributed by atoms with Crippen LogP contribution in [0.25, 0.3) is 11.0 Å². The summed E-state index contributed by atoms with van der Waals surface area (Å²) in [6, 6.07) is 4.48. The number of hydrogen-bond acceptors (Lipinski definition) is 7. The molecule has 10 heteroatoms. The van der Waals surface area contributed by atoms with Crippen LogP contribution in [0.3, 0.4) is 0 Å². The fraction of sp³-hybridized carbons (Fsp3) is 0.368. The van der Waals surface area contributed by atoms with Gasteiger partial charge in [0, 0.05) is 9.86 Å². The first-order chi connectivity index (χ1) is 13.6. The van der Waals surface area contributed by atoms with Gasteiger partial charge in [-0.3, -0.25) is 14.5 Å². The molecule has 0 spiro atoms. The molecule has 0 atom stereocenters. The summed E-state index contributed by atoms with van der Waals surface area (Å²) in [6.07, 6.45) is 0. The van der Waals surface area contributed by atoms with Crippen LogP contribution in [0.1, 0.15) is 36.9 Å². The van der Waals surface area contributed by atoms with Gasteiger partial charge in [-0.1, -0.05) is 15.9 Å². The van der Waals surface area contributed by atoms with Crippen molar-refractivity contribution in [2.75, 3.05) is 13.2 Å². The molecule has 0 bridgehead atoms. The van der Waals surface area contributed by atoms with Crippen LogP contribution in [0.15, 0.2) is 27.1 Å². The lowest BCUT2D eigenvalue weighted by atomic mass is 10.1. The number of amides is 3. The molecule has 3 amide bonds. The van der Waals surface area contributed by atoms with Gasteiger partial charge in [0.15, 0.2) is 0 Å². The van der Waals surface area contributed by atoms with E-state index in [1.807, 2.05) is 0 Å². The van der Waals surface area contributed by atoms with E-state index in [-0.39, 0.29) is 19.0 Å². The van der Waals surface area contributed by atoms with Crippen molar-refractivity contribution >= 4 is 50.8 Å². The fourth-order valence-corrected chi connectivity index (χ4v) is 3.28. The van der Waals surface area contributed by atoms with Crippen molar-refractivity contribution in [3.63, 3.8) is 0 Å². The summed E-state index contributed by atoms with van der Waals surface area (Å²) >= 11 is 3.35. The standard InChI is InChI=1S/C19H19BrN2O7/c1-4-27-16(24)15-12(11-7-10(20)5-6-13(11)29-15)9-28-14(23)8-22-17(25)19(2,3)21-18(22)26/h5-7H,4,8-9H2,1-3H3,(H,21,26).